The molecule has 5 heteroatoms. The van der Waals surface area contributed by atoms with Crippen molar-refractivity contribution in [3.05, 3.63) is 12.7 Å². The molecule has 0 heterocycles. The maximum Gasteiger partial charge on any atom is 0.211 e. The molecule has 0 saturated heterocycles. The molecule has 0 aliphatic rings. The van der Waals surface area contributed by atoms with Crippen LogP contribution in [0, 0.1) is 0 Å². The molecule has 0 amide bonds. The van der Waals surface area contributed by atoms with Gasteiger partial charge in [-0.05, 0) is 13.0 Å². The van der Waals surface area contributed by atoms with Crippen LogP contribution >= 0.6 is 0 Å². The number of rotatable bonds is 8. The van der Waals surface area contributed by atoms with E-state index in [9.17, 15) is 8.42 Å². The number of likely N-dealkylation sites (N-methyl/N-ethyl adjacent to an activating group) is 1. The number of nitrogens with one attached hydrogen (secondary N) is 2. The Morgan fingerprint density at radius 2 is 2.08 bits per heavy atom. The Morgan fingerprint density at radius 3 is 2.62 bits per heavy atom. The van der Waals surface area contributed by atoms with Crippen molar-refractivity contribution >= 4 is 10.0 Å². The van der Waals surface area contributed by atoms with Crippen LogP contribution in [0.3, 0.4) is 0 Å². The largest absolute Gasteiger partial charge is 0.316 e. The highest BCUT2D eigenvalue weighted by molar-refractivity contribution is 7.89. The van der Waals surface area contributed by atoms with Gasteiger partial charge in [-0.25, -0.2) is 13.1 Å². The maximum atomic E-state index is 11.2. The van der Waals surface area contributed by atoms with Crippen LogP contribution in [0.4, 0.5) is 0 Å². The monoisotopic (exact) mass is 206 g/mol. The lowest BCUT2D eigenvalue weighted by atomic mass is 10.5. The first-order valence-corrected chi connectivity index (χ1v) is 6.06. The standard InChI is InChI=1S/C8H18N2O2S/c1-3-5-8-13(11,12)10-7-6-9-4-2/h3,9-10H,1,4-8H2,2H3. The van der Waals surface area contributed by atoms with Crippen molar-refractivity contribution in [1.82, 2.24) is 10.0 Å². The quantitative estimate of drug-likeness (QED) is 0.437. The van der Waals surface area contributed by atoms with Gasteiger partial charge in [0.15, 0.2) is 0 Å². The van der Waals surface area contributed by atoms with Crippen LogP contribution < -0.4 is 10.0 Å². The molecular formula is C8H18N2O2S. The summed E-state index contributed by atoms with van der Waals surface area (Å²) in [7, 11) is -3.09. The summed E-state index contributed by atoms with van der Waals surface area (Å²) < 4.78 is 24.8. The number of allylic oxidation sites excluding steroid dienone is 1. The highest BCUT2D eigenvalue weighted by Crippen LogP contribution is 1.88. The van der Waals surface area contributed by atoms with Gasteiger partial charge in [-0.15, -0.1) is 6.58 Å². The summed E-state index contributed by atoms with van der Waals surface area (Å²) in [6, 6.07) is 0. The molecule has 0 radical (unpaired) electrons. The predicted molar refractivity (Wildman–Crippen MR) is 55.1 cm³/mol. The van der Waals surface area contributed by atoms with Gasteiger partial charge in [-0.1, -0.05) is 13.0 Å². The van der Waals surface area contributed by atoms with E-state index < -0.39 is 10.0 Å². The molecule has 2 N–H and O–H groups in total. The average Bonchev–Trinajstić information content (AvgIpc) is 2.09. The lowest BCUT2D eigenvalue weighted by Crippen LogP contribution is -2.33. The Hall–Kier alpha value is -0.390. The molecule has 0 unspecified atom stereocenters. The fourth-order valence-electron chi connectivity index (χ4n) is 0.782. The zero-order valence-corrected chi connectivity index (χ0v) is 8.86. The first kappa shape index (κ1) is 12.6. The van der Waals surface area contributed by atoms with Crippen LogP contribution in [-0.2, 0) is 10.0 Å². The van der Waals surface area contributed by atoms with Crippen molar-refractivity contribution in [2.75, 3.05) is 25.4 Å². The van der Waals surface area contributed by atoms with Crippen LogP contribution in [-0.4, -0.2) is 33.8 Å². The first-order valence-electron chi connectivity index (χ1n) is 4.41. The molecule has 4 nitrogen and oxygen atoms in total. The molecule has 0 aromatic heterocycles. The van der Waals surface area contributed by atoms with Crippen molar-refractivity contribution in [1.29, 1.82) is 0 Å². The Bertz CT molecular complexity index is 224. The van der Waals surface area contributed by atoms with E-state index >= 15 is 0 Å². The predicted octanol–water partition coefficient (Wildman–Crippen LogP) is 0.0914. The van der Waals surface area contributed by atoms with Gasteiger partial charge in [0, 0.05) is 13.1 Å². The highest BCUT2D eigenvalue weighted by Gasteiger charge is 2.06. The van der Waals surface area contributed by atoms with Gasteiger partial charge in [-0.2, -0.15) is 0 Å². The minimum absolute atomic E-state index is 0.128. The van der Waals surface area contributed by atoms with Gasteiger partial charge in [0.05, 0.1) is 5.75 Å². The van der Waals surface area contributed by atoms with Gasteiger partial charge in [0.25, 0.3) is 0 Å². The Morgan fingerprint density at radius 1 is 1.38 bits per heavy atom. The van der Waals surface area contributed by atoms with E-state index in [2.05, 4.69) is 16.6 Å². The average molecular weight is 206 g/mol. The summed E-state index contributed by atoms with van der Waals surface area (Å²) in [5.41, 5.74) is 0. The molecule has 13 heavy (non-hydrogen) atoms. The summed E-state index contributed by atoms with van der Waals surface area (Å²) in [5.74, 6) is 0.128. The second-order valence-electron chi connectivity index (χ2n) is 2.64. The maximum absolute atomic E-state index is 11.2. The van der Waals surface area contributed by atoms with E-state index in [0.29, 0.717) is 19.5 Å². The van der Waals surface area contributed by atoms with Crippen LogP contribution in [0.5, 0.6) is 0 Å². The minimum atomic E-state index is -3.09. The van der Waals surface area contributed by atoms with Gasteiger partial charge in [-0.3, -0.25) is 0 Å². The van der Waals surface area contributed by atoms with Crippen molar-refractivity contribution in [2.24, 2.45) is 0 Å². The van der Waals surface area contributed by atoms with E-state index in [1.54, 1.807) is 6.08 Å². The van der Waals surface area contributed by atoms with Crippen LogP contribution in [0.25, 0.3) is 0 Å². The fraction of sp³-hybridized carbons (Fsp3) is 0.750. The summed E-state index contributed by atoms with van der Waals surface area (Å²) in [6.45, 7) is 7.42. The van der Waals surface area contributed by atoms with Crippen LogP contribution in [0.15, 0.2) is 12.7 Å². The summed E-state index contributed by atoms with van der Waals surface area (Å²) >= 11 is 0. The molecular weight excluding hydrogens is 188 g/mol. The molecule has 0 aliphatic heterocycles. The molecule has 0 atom stereocenters. The van der Waals surface area contributed by atoms with Gasteiger partial charge < -0.3 is 5.32 Å². The van der Waals surface area contributed by atoms with Crippen molar-refractivity contribution < 1.29 is 8.42 Å². The third kappa shape index (κ3) is 7.95. The van der Waals surface area contributed by atoms with Gasteiger partial charge in [0.1, 0.15) is 0 Å². The lowest BCUT2D eigenvalue weighted by Gasteiger charge is -2.05. The Labute approximate surface area is 80.5 Å². The van der Waals surface area contributed by atoms with Crippen molar-refractivity contribution in [2.45, 2.75) is 13.3 Å². The second-order valence-corrected chi connectivity index (χ2v) is 4.57. The molecule has 78 valence electrons. The summed E-state index contributed by atoms with van der Waals surface area (Å²) in [5, 5.41) is 3.03. The third-order valence-corrected chi connectivity index (χ3v) is 2.88. The molecule has 0 aliphatic carbocycles. The third-order valence-electron chi connectivity index (χ3n) is 1.46. The molecule has 0 bridgehead atoms. The Balaban J connectivity index is 3.57. The number of hydrogen-bond acceptors (Lipinski definition) is 3. The van der Waals surface area contributed by atoms with E-state index in [0.717, 1.165) is 6.54 Å². The molecule has 0 saturated carbocycles. The number of sulfonamides is 1. The minimum Gasteiger partial charge on any atom is -0.316 e. The van der Waals surface area contributed by atoms with Crippen LogP contribution in [0.2, 0.25) is 0 Å². The first-order chi connectivity index (χ1) is 6.12. The van der Waals surface area contributed by atoms with Gasteiger partial charge in [0.2, 0.25) is 10.0 Å². The number of hydrogen-bond donors (Lipinski definition) is 2. The van der Waals surface area contributed by atoms with Crippen molar-refractivity contribution in [3.63, 3.8) is 0 Å². The normalized spacial score (nSPS) is 11.5. The van der Waals surface area contributed by atoms with Crippen LogP contribution in [0.1, 0.15) is 13.3 Å². The summed E-state index contributed by atoms with van der Waals surface area (Å²) in [6.07, 6.45) is 2.10. The van der Waals surface area contributed by atoms with E-state index in [1.165, 1.54) is 0 Å². The fourth-order valence-corrected chi connectivity index (χ4v) is 1.82. The topological polar surface area (TPSA) is 58.2 Å². The lowest BCUT2D eigenvalue weighted by molar-refractivity contribution is 0.577. The highest BCUT2D eigenvalue weighted by atomic mass is 32.2. The smallest absolute Gasteiger partial charge is 0.211 e. The van der Waals surface area contributed by atoms with E-state index in [1.807, 2.05) is 6.92 Å². The summed E-state index contributed by atoms with van der Waals surface area (Å²) in [4.78, 5) is 0. The molecule has 0 rings (SSSR count). The zero-order chi connectivity index (χ0) is 10.2. The molecule has 0 aromatic carbocycles. The molecule has 0 spiro atoms. The van der Waals surface area contributed by atoms with Crippen molar-refractivity contribution in [3.8, 4) is 0 Å². The second kappa shape index (κ2) is 7.06. The van der Waals surface area contributed by atoms with Gasteiger partial charge >= 0.3 is 0 Å². The Kier molecular flexibility index (Phi) is 6.84. The van der Waals surface area contributed by atoms with E-state index in [-0.39, 0.29) is 5.75 Å². The SMILES string of the molecule is C=CCCS(=O)(=O)NCCNCC. The molecule has 0 fully saturated rings. The zero-order valence-electron chi connectivity index (χ0n) is 8.04. The van der Waals surface area contributed by atoms with E-state index in [4.69, 9.17) is 0 Å². The molecule has 0 aromatic rings.